The van der Waals surface area contributed by atoms with E-state index in [0.717, 1.165) is 30.8 Å². The van der Waals surface area contributed by atoms with Gasteiger partial charge >= 0.3 is 6.03 Å². The Kier molecular flexibility index (Phi) is 5.21. The van der Waals surface area contributed by atoms with Crippen LogP contribution in [0.4, 0.5) is 4.79 Å². The van der Waals surface area contributed by atoms with Crippen molar-refractivity contribution in [1.82, 2.24) is 25.4 Å². The fourth-order valence-corrected chi connectivity index (χ4v) is 2.59. The molecule has 1 saturated heterocycles. The average molecular weight is 315 g/mol. The Morgan fingerprint density at radius 3 is 2.91 bits per heavy atom. The van der Waals surface area contributed by atoms with Crippen LogP contribution in [0.2, 0.25) is 0 Å². The van der Waals surface area contributed by atoms with E-state index in [9.17, 15) is 4.79 Å². The minimum absolute atomic E-state index is 0.146. The number of aromatic nitrogens is 3. The molecule has 2 aromatic rings. The number of nitrogens with one attached hydrogen (secondary N) is 2. The highest BCUT2D eigenvalue weighted by Gasteiger charge is 2.16. The van der Waals surface area contributed by atoms with Gasteiger partial charge in [-0.2, -0.15) is 5.10 Å². The van der Waals surface area contributed by atoms with Crippen LogP contribution in [0.1, 0.15) is 17.5 Å². The lowest BCUT2D eigenvalue weighted by atomic mass is 10.1. The first-order valence-corrected chi connectivity index (χ1v) is 7.80. The summed E-state index contributed by atoms with van der Waals surface area (Å²) in [6.45, 7) is 3.31. The highest BCUT2D eigenvalue weighted by atomic mass is 16.5. The van der Waals surface area contributed by atoms with Crippen LogP contribution in [0, 0.1) is 5.92 Å². The number of ether oxygens (including phenoxy) is 1. The van der Waals surface area contributed by atoms with Gasteiger partial charge in [0.05, 0.1) is 13.2 Å². The van der Waals surface area contributed by atoms with E-state index in [1.807, 2.05) is 24.3 Å². The van der Waals surface area contributed by atoms with E-state index < -0.39 is 0 Å². The number of benzene rings is 1. The summed E-state index contributed by atoms with van der Waals surface area (Å²) in [4.78, 5) is 15.9. The van der Waals surface area contributed by atoms with Gasteiger partial charge < -0.3 is 15.4 Å². The number of amides is 2. The van der Waals surface area contributed by atoms with E-state index >= 15 is 0 Å². The van der Waals surface area contributed by atoms with Crippen molar-refractivity contribution in [2.75, 3.05) is 19.8 Å². The number of rotatable bonds is 6. The van der Waals surface area contributed by atoms with Crippen LogP contribution >= 0.6 is 0 Å². The van der Waals surface area contributed by atoms with Gasteiger partial charge in [0.15, 0.2) is 0 Å². The monoisotopic (exact) mass is 315 g/mol. The third-order valence-corrected chi connectivity index (χ3v) is 3.93. The van der Waals surface area contributed by atoms with Crippen molar-refractivity contribution in [3.8, 4) is 0 Å². The van der Waals surface area contributed by atoms with Gasteiger partial charge in [-0.1, -0.05) is 24.3 Å². The average Bonchev–Trinajstić information content (AvgIpc) is 3.25. The lowest BCUT2D eigenvalue weighted by molar-refractivity contribution is 0.185. The lowest BCUT2D eigenvalue weighted by Crippen LogP contribution is -2.38. The maximum absolute atomic E-state index is 11.9. The van der Waals surface area contributed by atoms with E-state index in [0.29, 0.717) is 25.6 Å². The molecule has 0 spiro atoms. The molecule has 1 aromatic carbocycles. The highest BCUT2D eigenvalue weighted by molar-refractivity contribution is 5.73. The highest BCUT2D eigenvalue weighted by Crippen LogP contribution is 2.11. The van der Waals surface area contributed by atoms with Crippen molar-refractivity contribution < 1.29 is 9.53 Å². The van der Waals surface area contributed by atoms with E-state index in [1.165, 1.54) is 6.33 Å². The summed E-state index contributed by atoms with van der Waals surface area (Å²) < 4.78 is 7.06. The zero-order valence-corrected chi connectivity index (χ0v) is 12.9. The molecule has 1 aromatic heterocycles. The predicted octanol–water partition coefficient (Wildman–Crippen LogP) is 1.16. The Morgan fingerprint density at radius 2 is 2.17 bits per heavy atom. The van der Waals surface area contributed by atoms with Gasteiger partial charge in [-0.05, 0) is 17.5 Å². The molecule has 0 saturated carbocycles. The van der Waals surface area contributed by atoms with Crippen molar-refractivity contribution in [3.05, 3.63) is 48.0 Å². The molecular weight excluding hydrogens is 294 g/mol. The fourth-order valence-electron chi connectivity index (χ4n) is 2.59. The van der Waals surface area contributed by atoms with Crippen molar-refractivity contribution in [3.63, 3.8) is 0 Å². The molecule has 3 rings (SSSR count). The Labute approximate surface area is 135 Å². The van der Waals surface area contributed by atoms with E-state index in [-0.39, 0.29) is 6.03 Å². The molecule has 23 heavy (non-hydrogen) atoms. The second-order valence-electron chi connectivity index (χ2n) is 5.65. The van der Waals surface area contributed by atoms with Crippen LogP contribution in [-0.2, 0) is 17.8 Å². The molecule has 7 nitrogen and oxygen atoms in total. The zero-order valence-electron chi connectivity index (χ0n) is 12.9. The standard InChI is InChI=1S/C16H21N5O2/c22-16(18-7-13-5-6-23-10-13)19-8-14-3-1-2-4-15(14)9-21-12-17-11-20-21/h1-4,11-13H,5-10H2,(H2,18,19,22)/t13-/m1/s1. The maximum Gasteiger partial charge on any atom is 0.315 e. The number of nitrogens with zero attached hydrogens (tertiary/aromatic N) is 3. The van der Waals surface area contributed by atoms with Gasteiger partial charge in [-0.15, -0.1) is 0 Å². The second kappa shape index (κ2) is 7.73. The normalized spacial score (nSPS) is 17.1. The third-order valence-electron chi connectivity index (χ3n) is 3.93. The van der Waals surface area contributed by atoms with Crippen LogP contribution in [0.3, 0.4) is 0 Å². The van der Waals surface area contributed by atoms with Gasteiger partial charge in [0.25, 0.3) is 0 Å². The molecule has 1 fully saturated rings. The molecule has 0 bridgehead atoms. The Bertz CT molecular complexity index is 623. The van der Waals surface area contributed by atoms with Crippen LogP contribution < -0.4 is 10.6 Å². The smallest absolute Gasteiger partial charge is 0.315 e. The zero-order chi connectivity index (χ0) is 15.9. The molecule has 7 heteroatoms. The minimum Gasteiger partial charge on any atom is -0.381 e. The number of urea groups is 1. The Hall–Kier alpha value is -2.41. The molecule has 0 radical (unpaired) electrons. The molecule has 1 aliphatic heterocycles. The SMILES string of the molecule is O=C(NCc1ccccc1Cn1cncn1)NC[C@H]1CCOC1. The van der Waals surface area contributed by atoms with Crippen LogP contribution in [0.15, 0.2) is 36.9 Å². The molecule has 2 N–H and O–H groups in total. The second-order valence-corrected chi connectivity index (χ2v) is 5.65. The predicted molar refractivity (Wildman–Crippen MR) is 84.7 cm³/mol. The van der Waals surface area contributed by atoms with Gasteiger partial charge in [0.2, 0.25) is 0 Å². The summed E-state index contributed by atoms with van der Waals surface area (Å²) in [5.74, 6) is 0.431. The van der Waals surface area contributed by atoms with Gasteiger partial charge in [-0.25, -0.2) is 14.5 Å². The quantitative estimate of drug-likeness (QED) is 0.838. The largest absolute Gasteiger partial charge is 0.381 e. The molecule has 0 aliphatic carbocycles. The summed E-state index contributed by atoms with van der Waals surface area (Å²) in [6, 6.07) is 7.85. The first kappa shape index (κ1) is 15.5. The third kappa shape index (κ3) is 4.53. The number of hydrogen-bond acceptors (Lipinski definition) is 4. The lowest BCUT2D eigenvalue weighted by Gasteiger charge is -2.13. The Morgan fingerprint density at radius 1 is 1.30 bits per heavy atom. The van der Waals surface area contributed by atoms with E-state index in [1.54, 1.807) is 11.0 Å². The molecule has 122 valence electrons. The number of carbonyl (C=O) groups is 1. The molecule has 1 atom stereocenters. The number of hydrogen-bond donors (Lipinski definition) is 2. The van der Waals surface area contributed by atoms with Gasteiger partial charge in [-0.3, -0.25) is 0 Å². The van der Waals surface area contributed by atoms with E-state index in [4.69, 9.17) is 4.74 Å². The molecule has 2 heterocycles. The first-order valence-electron chi connectivity index (χ1n) is 7.80. The summed E-state index contributed by atoms with van der Waals surface area (Å²) in [5.41, 5.74) is 2.19. The van der Waals surface area contributed by atoms with Crippen molar-refractivity contribution in [2.45, 2.75) is 19.5 Å². The molecule has 2 amide bonds. The molecule has 0 unspecified atom stereocenters. The number of carbonyl (C=O) groups excluding carboxylic acids is 1. The van der Waals surface area contributed by atoms with Gasteiger partial charge in [0, 0.05) is 25.6 Å². The van der Waals surface area contributed by atoms with Crippen LogP contribution in [0.25, 0.3) is 0 Å². The van der Waals surface area contributed by atoms with Crippen molar-refractivity contribution in [1.29, 1.82) is 0 Å². The van der Waals surface area contributed by atoms with Crippen LogP contribution in [-0.4, -0.2) is 40.6 Å². The fraction of sp³-hybridized carbons (Fsp3) is 0.438. The van der Waals surface area contributed by atoms with E-state index in [2.05, 4.69) is 20.7 Å². The van der Waals surface area contributed by atoms with Crippen molar-refractivity contribution in [2.24, 2.45) is 5.92 Å². The van der Waals surface area contributed by atoms with Gasteiger partial charge in [0.1, 0.15) is 12.7 Å². The summed E-state index contributed by atoms with van der Waals surface area (Å²) in [6.07, 6.45) is 4.21. The molecular formula is C16H21N5O2. The summed E-state index contributed by atoms with van der Waals surface area (Å²) in [7, 11) is 0. The molecule has 1 aliphatic rings. The summed E-state index contributed by atoms with van der Waals surface area (Å²) >= 11 is 0. The minimum atomic E-state index is -0.146. The summed E-state index contributed by atoms with van der Waals surface area (Å²) in [5, 5.41) is 9.92. The van der Waals surface area contributed by atoms with Crippen molar-refractivity contribution >= 4 is 6.03 Å². The van der Waals surface area contributed by atoms with Crippen LogP contribution in [0.5, 0.6) is 0 Å². The maximum atomic E-state index is 11.9. The first-order chi connectivity index (χ1) is 11.3. The Balaban J connectivity index is 1.50. The topological polar surface area (TPSA) is 81.1 Å².